The van der Waals surface area contributed by atoms with Crippen LogP contribution in [0.25, 0.3) is 0 Å². The van der Waals surface area contributed by atoms with Crippen LogP contribution in [0.2, 0.25) is 0 Å². The van der Waals surface area contributed by atoms with Crippen molar-refractivity contribution in [3.8, 4) is 5.75 Å². The fourth-order valence-corrected chi connectivity index (χ4v) is 6.66. The number of carbonyl (C=O) groups is 1. The molecule has 1 amide bonds. The number of alkyl carbamates (subject to hydrolysis) is 1. The number of methoxy groups -OCH3 is 1. The largest absolute Gasteiger partial charge is 0.497 e. The van der Waals surface area contributed by atoms with Gasteiger partial charge in [0.15, 0.2) is 0 Å². The van der Waals surface area contributed by atoms with Crippen molar-refractivity contribution < 1.29 is 26.9 Å². The molecule has 2 unspecified atom stereocenters. The summed E-state index contributed by atoms with van der Waals surface area (Å²) in [7, 11) is -2.16. The molecular weight excluding hydrogens is 570 g/mol. The van der Waals surface area contributed by atoms with E-state index in [0.717, 1.165) is 29.7 Å². The first-order valence-electron chi connectivity index (χ1n) is 14.2. The summed E-state index contributed by atoms with van der Waals surface area (Å²) in [6, 6.07) is 27.0. The molecule has 3 aromatic carbocycles. The smallest absolute Gasteiger partial charge is 0.407 e. The zero-order valence-corrected chi connectivity index (χ0v) is 26.6. The van der Waals surface area contributed by atoms with E-state index in [9.17, 15) is 13.2 Å². The monoisotopic (exact) mass is 613 g/mol. The molecule has 0 heterocycles. The molecule has 1 N–H and O–H groups in total. The standard InChI is InChI=1S/C33H43NO6S2/c1-33(2,3)25-40-42(36,37)22-21-30(34-32(35)39-23-27-13-9-6-10-14-27)31(20-17-26-11-7-5-8-12-26)41-24-28-15-18-29(38-4)19-16-28/h5-16,18-19,30-31H,17,20-25H2,1-4H3,(H,34,35). The summed E-state index contributed by atoms with van der Waals surface area (Å²) in [6.07, 6.45) is 1.14. The zero-order valence-electron chi connectivity index (χ0n) is 25.0. The summed E-state index contributed by atoms with van der Waals surface area (Å²) in [5, 5.41) is 2.91. The fourth-order valence-electron chi connectivity index (χ4n) is 4.14. The zero-order chi connectivity index (χ0) is 30.4. The summed E-state index contributed by atoms with van der Waals surface area (Å²) < 4.78 is 41.8. The molecule has 0 saturated heterocycles. The van der Waals surface area contributed by atoms with Gasteiger partial charge in [-0.25, -0.2) is 4.79 Å². The number of rotatable bonds is 16. The van der Waals surface area contributed by atoms with Crippen molar-refractivity contribution in [3.05, 3.63) is 102 Å². The van der Waals surface area contributed by atoms with E-state index in [1.165, 1.54) is 5.56 Å². The third kappa shape index (κ3) is 12.9. The molecule has 9 heteroatoms. The molecule has 2 atom stereocenters. The van der Waals surface area contributed by atoms with E-state index in [4.69, 9.17) is 13.7 Å². The van der Waals surface area contributed by atoms with E-state index in [1.54, 1.807) is 18.9 Å². The molecule has 0 aliphatic rings. The van der Waals surface area contributed by atoms with E-state index in [-0.39, 0.29) is 36.1 Å². The minimum Gasteiger partial charge on any atom is -0.497 e. The lowest BCUT2D eigenvalue weighted by Crippen LogP contribution is -2.43. The molecule has 0 saturated carbocycles. The predicted octanol–water partition coefficient (Wildman–Crippen LogP) is 7.01. The van der Waals surface area contributed by atoms with Crippen molar-refractivity contribution in [1.82, 2.24) is 5.32 Å². The van der Waals surface area contributed by atoms with Crippen LogP contribution >= 0.6 is 11.8 Å². The van der Waals surface area contributed by atoms with Crippen molar-refractivity contribution in [2.24, 2.45) is 5.41 Å². The Hall–Kier alpha value is -3.01. The number of aryl methyl sites for hydroxylation is 1. The number of hydrogen-bond acceptors (Lipinski definition) is 7. The highest BCUT2D eigenvalue weighted by molar-refractivity contribution is 7.99. The van der Waals surface area contributed by atoms with Gasteiger partial charge in [0.05, 0.1) is 19.5 Å². The van der Waals surface area contributed by atoms with Gasteiger partial charge in [-0.1, -0.05) is 93.6 Å². The SMILES string of the molecule is COc1ccc(CSC(CCc2ccccc2)C(CCS(=O)(=O)OCC(C)(C)C)NC(=O)OCc2ccccc2)cc1. The Balaban J connectivity index is 1.77. The van der Waals surface area contributed by atoms with E-state index >= 15 is 0 Å². The first-order chi connectivity index (χ1) is 20.0. The Morgan fingerprint density at radius 1 is 0.857 bits per heavy atom. The van der Waals surface area contributed by atoms with Gasteiger partial charge in [-0.05, 0) is 53.5 Å². The van der Waals surface area contributed by atoms with Crippen molar-refractivity contribution >= 4 is 28.0 Å². The second-order valence-corrected chi connectivity index (χ2v) is 14.4. The quantitative estimate of drug-likeness (QED) is 0.174. The van der Waals surface area contributed by atoms with Gasteiger partial charge in [0.1, 0.15) is 12.4 Å². The lowest BCUT2D eigenvalue weighted by molar-refractivity contribution is 0.135. The second kappa shape index (κ2) is 16.6. The fraction of sp³-hybridized carbons (Fsp3) is 0.424. The van der Waals surface area contributed by atoms with Crippen LogP contribution in [0.1, 0.15) is 50.3 Å². The summed E-state index contributed by atoms with van der Waals surface area (Å²) in [6.45, 7) is 5.98. The van der Waals surface area contributed by atoms with Crippen LogP contribution in [-0.2, 0) is 37.8 Å². The van der Waals surface area contributed by atoms with Gasteiger partial charge in [-0.3, -0.25) is 4.18 Å². The molecule has 42 heavy (non-hydrogen) atoms. The summed E-state index contributed by atoms with van der Waals surface area (Å²) in [5.74, 6) is 1.26. The van der Waals surface area contributed by atoms with Gasteiger partial charge in [-0.15, -0.1) is 0 Å². The minimum absolute atomic E-state index is 0.0885. The molecule has 3 rings (SSSR count). The van der Waals surface area contributed by atoms with Gasteiger partial charge in [0.2, 0.25) is 0 Å². The second-order valence-electron chi connectivity index (χ2n) is 11.4. The number of nitrogens with one attached hydrogen (secondary N) is 1. The number of thioether (sulfide) groups is 1. The summed E-state index contributed by atoms with van der Waals surface area (Å²) in [4.78, 5) is 13.0. The number of hydrogen-bond donors (Lipinski definition) is 1. The Morgan fingerprint density at radius 2 is 1.48 bits per heavy atom. The predicted molar refractivity (Wildman–Crippen MR) is 170 cm³/mol. The summed E-state index contributed by atoms with van der Waals surface area (Å²) >= 11 is 1.69. The molecule has 7 nitrogen and oxygen atoms in total. The van der Waals surface area contributed by atoms with Crippen molar-refractivity contribution in [2.45, 2.75) is 63.7 Å². The first kappa shape index (κ1) is 33.5. The third-order valence-corrected chi connectivity index (χ3v) is 9.20. The molecule has 0 aliphatic carbocycles. The van der Waals surface area contributed by atoms with Crippen LogP contribution in [0.3, 0.4) is 0 Å². The lowest BCUT2D eigenvalue weighted by Gasteiger charge is -2.28. The van der Waals surface area contributed by atoms with Crippen LogP contribution in [0.4, 0.5) is 4.79 Å². The number of benzene rings is 3. The number of carbonyl (C=O) groups excluding carboxylic acids is 1. The highest BCUT2D eigenvalue weighted by Crippen LogP contribution is 2.28. The maximum Gasteiger partial charge on any atom is 0.407 e. The van der Waals surface area contributed by atoms with E-state index < -0.39 is 22.3 Å². The highest BCUT2D eigenvalue weighted by Gasteiger charge is 2.28. The molecule has 3 aromatic rings. The van der Waals surface area contributed by atoms with Crippen molar-refractivity contribution in [1.29, 1.82) is 0 Å². The van der Waals surface area contributed by atoms with Crippen LogP contribution in [-0.4, -0.2) is 45.3 Å². The van der Waals surface area contributed by atoms with Gasteiger partial charge < -0.3 is 14.8 Å². The van der Waals surface area contributed by atoms with E-state index in [0.29, 0.717) is 5.75 Å². The lowest BCUT2D eigenvalue weighted by atomic mass is 9.99. The minimum atomic E-state index is -3.79. The van der Waals surface area contributed by atoms with E-state index in [1.807, 2.05) is 93.6 Å². The summed E-state index contributed by atoms with van der Waals surface area (Å²) in [5.41, 5.74) is 2.87. The third-order valence-electron chi connectivity index (χ3n) is 6.50. The maximum atomic E-state index is 13.0. The molecule has 0 aromatic heterocycles. The van der Waals surface area contributed by atoms with Crippen LogP contribution in [0.5, 0.6) is 5.75 Å². The van der Waals surface area contributed by atoms with Crippen LogP contribution in [0.15, 0.2) is 84.9 Å². The molecule has 0 spiro atoms. The Morgan fingerprint density at radius 3 is 2.07 bits per heavy atom. The van der Waals surface area contributed by atoms with Gasteiger partial charge >= 0.3 is 6.09 Å². The van der Waals surface area contributed by atoms with Gasteiger partial charge in [-0.2, -0.15) is 20.2 Å². The topological polar surface area (TPSA) is 90.9 Å². The van der Waals surface area contributed by atoms with E-state index in [2.05, 4.69) is 17.4 Å². The molecule has 0 radical (unpaired) electrons. The number of ether oxygens (including phenoxy) is 2. The maximum absolute atomic E-state index is 13.0. The molecule has 0 aliphatic heterocycles. The Kier molecular flexibility index (Phi) is 13.2. The molecular formula is C33H43NO6S2. The molecule has 0 bridgehead atoms. The van der Waals surface area contributed by atoms with Gasteiger partial charge in [0, 0.05) is 17.0 Å². The van der Waals surface area contributed by atoms with Crippen molar-refractivity contribution in [3.63, 3.8) is 0 Å². The van der Waals surface area contributed by atoms with Crippen molar-refractivity contribution in [2.75, 3.05) is 19.5 Å². The molecule has 0 fully saturated rings. The molecule has 228 valence electrons. The van der Waals surface area contributed by atoms with Crippen LogP contribution < -0.4 is 10.1 Å². The highest BCUT2D eigenvalue weighted by atomic mass is 32.2. The average Bonchev–Trinajstić information content (AvgIpc) is 2.98. The number of amides is 1. The Labute approximate surface area is 255 Å². The Bertz CT molecular complexity index is 1310. The first-order valence-corrected chi connectivity index (χ1v) is 16.8. The van der Waals surface area contributed by atoms with Gasteiger partial charge in [0.25, 0.3) is 10.1 Å². The van der Waals surface area contributed by atoms with Crippen LogP contribution in [0, 0.1) is 5.41 Å². The normalized spacial score (nSPS) is 13.2. The average molecular weight is 614 g/mol.